The quantitative estimate of drug-likeness (QED) is 0.694. The Morgan fingerprint density at radius 2 is 2.10 bits per heavy atom. The summed E-state index contributed by atoms with van der Waals surface area (Å²) in [5, 5.41) is 11.9. The van der Waals surface area contributed by atoms with Gasteiger partial charge < -0.3 is 4.52 Å². The van der Waals surface area contributed by atoms with Crippen LogP contribution in [0.25, 0.3) is 5.65 Å². The van der Waals surface area contributed by atoms with E-state index in [2.05, 4.69) is 15.4 Å². The molecule has 0 aliphatic rings. The summed E-state index contributed by atoms with van der Waals surface area (Å²) in [6.07, 6.45) is -3.41. The predicted octanol–water partition coefficient (Wildman–Crippen LogP) is 3.34. The summed E-state index contributed by atoms with van der Waals surface area (Å²) < 4.78 is 44.4. The number of aromatic nitrogens is 4. The van der Waals surface area contributed by atoms with Crippen molar-refractivity contribution in [3.8, 4) is 0 Å². The summed E-state index contributed by atoms with van der Waals surface area (Å²) in [6, 6.07) is 4.04. The van der Waals surface area contributed by atoms with Gasteiger partial charge in [-0.25, -0.2) is 0 Å². The molecule has 110 valence electrons. The van der Waals surface area contributed by atoms with Gasteiger partial charge in [0.2, 0.25) is 0 Å². The summed E-state index contributed by atoms with van der Waals surface area (Å²) in [4.78, 5) is 0. The molecule has 3 heterocycles. The van der Waals surface area contributed by atoms with Gasteiger partial charge in [0.15, 0.2) is 10.8 Å². The minimum absolute atomic E-state index is 0.363. The number of pyridine rings is 1. The highest BCUT2D eigenvalue weighted by molar-refractivity contribution is 7.98. The third-order valence-electron chi connectivity index (χ3n) is 2.72. The van der Waals surface area contributed by atoms with E-state index in [1.54, 1.807) is 13.0 Å². The number of hydrogen-bond acceptors (Lipinski definition) is 5. The maximum absolute atomic E-state index is 12.7. The number of hydrogen-bond donors (Lipinski definition) is 0. The molecule has 0 aliphatic carbocycles. The molecule has 0 fully saturated rings. The molecular weight excluding hydrogens is 305 g/mol. The predicted molar refractivity (Wildman–Crippen MR) is 68.8 cm³/mol. The zero-order valence-corrected chi connectivity index (χ0v) is 11.6. The lowest BCUT2D eigenvalue weighted by molar-refractivity contribution is -0.137. The van der Waals surface area contributed by atoms with Crippen LogP contribution in [0, 0.1) is 6.92 Å². The number of thioether (sulfide) groups is 1. The van der Waals surface area contributed by atoms with Gasteiger partial charge in [0.1, 0.15) is 5.76 Å². The standard InChI is InChI=1S/C12H9F3N4OS/c1-7-4-9(18-20-7)6-21-11-17-16-10-3-2-8(5-19(10)11)12(13,14)15/h2-5H,6H2,1H3. The van der Waals surface area contributed by atoms with Crippen molar-refractivity contribution in [1.29, 1.82) is 0 Å². The summed E-state index contributed by atoms with van der Waals surface area (Å²) in [7, 11) is 0. The number of fused-ring (bicyclic) bond motifs is 1. The van der Waals surface area contributed by atoms with Crippen molar-refractivity contribution >= 4 is 17.4 Å². The monoisotopic (exact) mass is 314 g/mol. The first-order chi connectivity index (χ1) is 9.93. The fourth-order valence-corrected chi connectivity index (χ4v) is 2.56. The van der Waals surface area contributed by atoms with E-state index >= 15 is 0 Å². The van der Waals surface area contributed by atoms with E-state index in [4.69, 9.17) is 4.52 Å². The number of nitrogens with zero attached hydrogens (tertiary/aromatic N) is 4. The Bertz CT molecular complexity index is 780. The molecule has 3 aromatic rings. The van der Waals surface area contributed by atoms with Gasteiger partial charge >= 0.3 is 6.18 Å². The van der Waals surface area contributed by atoms with Crippen LogP contribution < -0.4 is 0 Å². The van der Waals surface area contributed by atoms with Crippen LogP contribution in [0.2, 0.25) is 0 Å². The third kappa shape index (κ3) is 2.87. The first-order valence-corrected chi connectivity index (χ1v) is 6.89. The molecule has 0 spiro atoms. The zero-order valence-electron chi connectivity index (χ0n) is 10.8. The molecule has 0 bridgehead atoms. The Hall–Kier alpha value is -2.03. The Morgan fingerprint density at radius 1 is 1.29 bits per heavy atom. The topological polar surface area (TPSA) is 56.2 Å². The lowest BCUT2D eigenvalue weighted by atomic mass is 10.3. The number of halogens is 3. The highest BCUT2D eigenvalue weighted by Crippen LogP contribution is 2.30. The van der Waals surface area contributed by atoms with Crippen molar-refractivity contribution in [2.45, 2.75) is 24.0 Å². The van der Waals surface area contributed by atoms with E-state index in [0.717, 1.165) is 12.3 Å². The summed E-state index contributed by atoms with van der Waals surface area (Å²) >= 11 is 1.24. The Labute approximate surface area is 121 Å². The van der Waals surface area contributed by atoms with Crippen LogP contribution in [-0.4, -0.2) is 19.8 Å². The van der Waals surface area contributed by atoms with E-state index in [1.165, 1.54) is 22.2 Å². The van der Waals surface area contributed by atoms with E-state index in [1.807, 2.05) is 0 Å². The molecule has 21 heavy (non-hydrogen) atoms. The fraction of sp³-hybridized carbons (Fsp3) is 0.250. The fourth-order valence-electron chi connectivity index (χ4n) is 1.76. The van der Waals surface area contributed by atoms with Crippen LogP contribution in [0.15, 0.2) is 34.1 Å². The van der Waals surface area contributed by atoms with Crippen LogP contribution in [0.1, 0.15) is 17.0 Å². The smallest absolute Gasteiger partial charge is 0.361 e. The van der Waals surface area contributed by atoms with Gasteiger partial charge in [-0.1, -0.05) is 16.9 Å². The van der Waals surface area contributed by atoms with Crippen LogP contribution in [0.3, 0.4) is 0 Å². The molecule has 0 saturated heterocycles. The molecule has 0 atom stereocenters. The average Bonchev–Trinajstić information content (AvgIpc) is 3.01. The zero-order chi connectivity index (χ0) is 15.0. The lowest BCUT2D eigenvalue weighted by Gasteiger charge is -2.07. The van der Waals surface area contributed by atoms with Crippen LogP contribution in [0.5, 0.6) is 0 Å². The summed E-state index contributed by atoms with van der Waals surface area (Å²) in [5.74, 6) is 1.12. The van der Waals surface area contributed by atoms with E-state index < -0.39 is 11.7 Å². The van der Waals surface area contributed by atoms with E-state index in [0.29, 0.717) is 28.0 Å². The molecule has 0 aliphatic heterocycles. The second-order valence-electron chi connectivity index (χ2n) is 4.34. The van der Waals surface area contributed by atoms with Crippen molar-refractivity contribution < 1.29 is 17.7 Å². The minimum atomic E-state index is -4.40. The molecule has 0 amide bonds. The average molecular weight is 314 g/mol. The van der Waals surface area contributed by atoms with Crippen molar-refractivity contribution in [2.24, 2.45) is 0 Å². The molecule has 0 radical (unpaired) electrons. The second-order valence-corrected chi connectivity index (χ2v) is 5.29. The van der Waals surface area contributed by atoms with Crippen molar-refractivity contribution in [2.75, 3.05) is 0 Å². The Kier molecular flexibility index (Phi) is 3.36. The first kappa shape index (κ1) is 13.9. The number of aryl methyl sites for hydroxylation is 1. The highest BCUT2D eigenvalue weighted by atomic mass is 32.2. The Balaban J connectivity index is 1.88. The molecule has 9 heteroatoms. The third-order valence-corrected chi connectivity index (χ3v) is 3.70. The maximum atomic E-state index is 12.7. The van der Waals surface area contributed by atoms with Gasteiger partial charge in [-0.2, -0.15) is 13.2 Å². The maximum Gasteiger partial charge on any atom is 0.417 e. The van der Waals surface area contributed by atoms with Gasteiger partial charge in [0.25, 0.3) is 0 Å². The van der Waals surface area contributed by atoms with Crippen molar-refractivity contribution in [1.82, 2.24) is 19.8 Å². The van der Waals surface area contributed by atoms with Crippen LogP contribution >= 0.6 is 11.8 Å². The Morgan fingerprint density at radius 3 is 2.76 bits per heavy atom. The summed E-state index contributed by atoms with van der Waals surface area (Å²) in [6.45, 7) is 1.77. The van der Waals surface area contributed by atoms with Gasteiger partial charge in [-0.05, 0) is 19.1 Å². The largest absolute Gasteiger partial charge is 0.417 e. The van der Waals surface area contributed by atoms with Crippen LogP contribution in [-0.2, 0) is 11.9 Å². The molecule has 3 aromatic heterocycles. The first-order valence-electron chi connectivity index (χ1n) is 5.90. The van der Waals surface area contributed by atoms with E-state index in [9.17, 15) is 13.2 Å². The molecule has 0 N–H and O–H groups in total. The lowest BCUT2D eigenvalue weighted by Crippen LogP contribution is -2.06. The molecule has 0 saturated carbocycles. The van der Waals surface area contributed by atoms with Gasteiger partial charge in [0, 0.05) is 18.0 Å². The van der Waals surface area contributed by atoms with Crippen LogP contribution in [0.4, 0.5) is 13.2 Å². The van der Waals surface area contributed by atoms with Crippen molar-refractivity contribution in [3.63, 3.8) is 0 Å². The molecule has 0 unspecified atom stereocenters. The molecular formula is C12H9F3N4OS. The van der Waals surface area contributed by atoms with Crippen molar-refractivity contribution in [3.05, 3.63) is 41.4 Å². The minimum Gasteiger partial charge on any atom is -0.361 e. The van der Waals surface area contributed by atoms with Gasteiger partial charge in [-0.15, -0.1) is 10.2 Å². The number of rotatable bonds is 3. The molecule has 3 rings (SSSR count). The SMILES string of the molecule is Cc1cc(CSc2nnc3ccc(C(F)(F)F)cn23)no1. The van der Waals surface area contributed by atoms with E-state index in [-0.39, 0.29) is 0 Å². The highest BCUT2D eigenvalue weighted by Gasteiger charge is 2.31. The second kappa shape index (κ2) is 5.06. The number of alkyl halides is 3. The molecule has 5 nitrogen and oxygen atoms in total. The van der Waals surface area contributed by atoms with Gasteiger partial charge in [0.05, 0.1) is 11.3 Å². The molecule has 0 aromatic carbocycles. The summed E-state index contributed by atoms with van der Waals surface area (Å²) in [5.41, 5.74) is 0.317. The van der Waals surface area contributed by atoms with Gasteiger partial charge in [-0.3, -0.25) is 4.40 Å². The normalized spacial score (nSPS) is 12.2.